The summed E-state index contributed by atoms with van der Waals surface area (Å²) >= 11 is 3.43. The first-order valence-electron chi connectivity index (χ1n) is 8.26. The Labute approximate surface area is 163 Å². The lowest BCUT2D eigenvalue weighted by molar-refractivity contribution is -0.121. The predicted molar refractivity (Wildman–Crippen MR) is 106 cm³/mol. The van der Waals surface area contributed by atoms with Crippen molar-refractivity contribution in [2.75, 3.05) is 14.1 Å². The van der Waals surface area contributed by atoms with Gasteiger partial charge in [-0.1, -0.05) is 40.2 Å². The van der Waals surface area contributed by atoms with Crippen molar-refractivity contribution in [1.29, 1.82) is 0 Å². The van der Waals surface area contributed by atoms with Gasteiger partial charge in [0.05, 0.1) is 10.9 Å². The second kappa shape index (κ2) is 8.79. The molecule has 2 rings (SSSR count). The second-order valence-electron chi connectivity index (χ2n) is 6.28. The fourth-order valence-corrected chi connectivity index (χ4v) is 3.79. The highest BCUT2D eigenvalue weighted by Crippen LogP contribution is 2.18. The molecule has 0 fully saturated rings. The summed E-state index contributed by atoms with van der Waals surface area (Å²) in [5.74, 6) is -0.0394. The summed E-state index contributed by atoms with van der Waals surface area (Å²) < 4.78 is 26.3. The van der Waals surface area contributed by atoms with Gasteiger partial charge in [0, 0.05) is 25.0 Å². The molecule has 0 aromatic heterocycles. The van der Waals surface area contributed by atoms with Crippen LogP contribution in [0.2, 0.25) is 0 Å². The summed E-state index contributed by atoms with van der Waals surface area (Å²) in [5, 5.41) is 2.98. The van der Waals surface area contributed by atoms with Crippen LogP contribution in [-0.2, 0) is 21.2 Å². The average Bonchev–Trinajstić information content (AvgIpc) is 2.60. The summed E-state index contributed by atoms with van der Waals surface area (Å²) in [6.07, 6.45) is 0.900. The summed E-state index contributed by atoms with van der Waals surface area (Å²) in [6.45, 7) is 1.95. The van der Waals surface area contributed by atoms with Gasteiger partial charge < -0.3 is 5.32 Å². The Bertz CT molecular complexity index is 865. The van der Waals surface area contributed by atoms with Gasteiger partial charge in [-0.25, -0.2) is 12.7 Å². The molecule has 2 aromatic rings. The van der Waals surface area contributed by atoms with Gasteiger partial charge in [-0.05, 0) is 48.7 Å². The SMILES string of the molecule is C[C@@H](NC(=O)CCc1ccc(S(=O)(=O)N(C)C)cc1)c1cccc(Br)c1. The summed E-state index contributed by atoms with van der Waals surface area (Å²) in [6, 6.07) is 14.4. The van der Waals surface area contributed by atoms with Crippen LogP contribution in [0.25, 0.3) is 0 Å². The van der Waals surface area contributed by atoms with Gasteiger partial charge >= 0.3 is 0 Å². The number of halogens is 1. The molecule has 1 N–H and O–H groups in total. The van der Waals surface area contributed by atoms with Crippen molar-refractivity contribution in [2.45, 2.75) is 30.7 Å². The highest BCUT2D eigenvalue weighted by molar-refractivity contribution is 9.10. The lowest BCUT2D eigenvalue weighted by Crippen LogP contribution is -2.26. The number of carbonyl (C=O) groups excluding carboxylic acids is 1. The molecule has 0 unspecified atom stereocenters. The number of carbonyl (C=O) groups is 1. The standard InChI is InChI=1S/C19H23BrN2O3S/c1-14(16-5-4-6-17(20)13-16)21-19(23)12-9-15-7-10-18(11-8-15)26(24,25)22(2)3/h4-8,10-11,13-14H,9,12H2,1-3H3,(H,21,23)/t14-/m1/s1. The molecule has 0 bridgehead atoms. The van der Waals surface area contributed by atoms with Crippen molar-refractivity contribution in [3.05, 3.63) is 64.1 Å². The molecule has 1 amide bonds. The van der Waals surface area contributed by atoms with Crippen LogP contribution in [0.3, 0.4) is 0 Å². The summed E-state index contributed by atoms with van der Waals surface area (Å²) in [5.41, 5.74) is 1.96. The molecular formula is C19H23BrN2O3S. The zero-order valence-electron chi connectivity index (χ0n) is 15.1. The third-order valence-corrected chi connectivity index (χ3v) is 6.39. The number of aryl methyl sites for hydroxylation is 1. The Morgan fingerprint density at radius 1 is 1.15 bits per heavy atom. The highest BCUT2D eigenvalue weighted by Gasteiger charge is 2.16. The molecule has 0 saturated heterocycles. The van der Waals surface area contributed by atoms with Crippen LogP contribution in [0.15, 0.2) is 57.9 Å². The zero-order chi connectivity index (χ0) is 19.3. The Balaban J connectivity index is 1.91. The quantitative estimate of drug-likeness (QED) is 0.718. The third kappa shape index (κ3) is 5.40. The van der Waals surface area contributed by atoms with Crippen molar-refractivity contribution >= 4 is 31.9 Å². The number of hydrogen-bond acceptors (Lipinski definition) is 3. The smallest absolute Gasteiger partial charge is 0.242 e. The van der Waals surface area contributed by atoms with E-state index in [4.69, 9.17) is 0 Å². The van der Waals surface area contributed by atoms with Gasteiger partial charge in [0.2, 0.25) is 15.9 Å². The topological polar surface area (TPSA) is 66.5 Å². The van der Waals surface area contributed by atoms with Gasteiger partial charge in [0.15, 0.2) is 0 Å². The minimum absolute atomic E-state index is 0.0394. The maximum Gasteiger partial charge on any atom is 0.242 e. The lowest BCUT2D eigenvalue weighted by Gasteiger charge is -2.15. The summed E-state index contributed by atoms with van der Waals surface area (Å²) in [7, 11) is -0.425. The lowest BCUT2D eigenvalue weighted by atomic mass is 10.1. The van der Waals surface area contributed by atoms with E-state index in [1.54, 1.807) is 24.3 Å². The van der Waals surface area contributed by atoms with Crippen LogP contribution in [0.4, 0.5) is 0 Å². The van der Waals surface area contributed by atoms with Crippen molar-refractivity contribution in [3.8, 4) is 0 Å². The Hall–Kier alpha value is -1.70. The maximum absolute atomic E-state index is 12.2. The van der Waals surface area contributed by atoms with E-state index in [0.29, 0.717) is 12.8 Å². The fraction of sp³-hybridized carbons (Fsp3) is 0.316. The molecule has 0 radical (unpaired) electrons. The number of nitrogens with zero attached hydrogens (tertiary/aromatic N) is 1. The Morgan fingerprint density at radius 3 is 2.38 bits per heavy atom. The number of sulfonamides is 1. The van der Waals surface area contributed by atoms with E-state index in [-0.39, 0.29) is 16.8 Å². The number of benzene rings is 2. The summed E-state index contributed by atoms with van der Waals surface area (Å²) in [4.78, 5) is 12.4. The minimum atomic E-state index is -3.42. The second-order valence-corrected chi connectivity index (χ2v) is 9.34. The molecule has 0 aliphatic rings. The van der Waals surface area contributed by atoms with Crippen LogP contribution in [0.5, 0.6) is 0 Å². The molecule has 0 heterocycles. The number of amides is 1. The van der Waals surface area contributed by atoms with Crippen LogP contribution in [-0.4, -0.2) is 32.7 Å². The molecule has 7 heteroatoms. The monoisotopic (exact) mass is 438 g/mol. The average molecular weight is 439 g/mol. The first kappa shape index (κ1) is 20.6. The molecule has 1 atom stereocenters. The Kier molecular flexibility index (Phi) is 6.97. The van der Waals surface area contributed by atoms with Gasteiger partial charge in [-0.2, -0.15) is 0 Å². The molecular weight excluding hydrogens is 416 g/mol. The number of rotatable bonds is 7. The van der Waals surface area contributed by atoms with Crippen molar-refractivity contribution in [1.82, 2.24) is 9.62 Å². The van der Waals surface area contributed by atoms with Crippen molar-refractivity contribution in [3.63, 3.8) is 0 Å². The van der Waals surface area contributed by atoms with E-state index in [9.17, 15) is 13.2 Å². The fourth-order valence-electron chi connectivity index (χ4n) is 2.47. The van der Waals surface area contributed by atoms with Crippen LogP contribution in [0.1, 0.15) is 30.5 Å². The third-order valence-electron chi connectivity index (χ3n) is 4.07. The first-order chi connectivity index (χ1) is 12.2. The van der Waals surface area contributed by atoms with E-state index >= 15 is 0 Å². The minimum Gasteiger partial charge on any atom is -0.350 e. The number of hydrogen-bond donors (Lipinski definition) is 1. The predicted octanol–water partition coefficient (Wildman–Crippen LogP) is 3.51. The first-order valence-corrected chi connectivity index (χ1v) is 10.5. The van der Waals surface area contributed by atoms with E-state index in [1.807, 2.05) is 31.2 Å². The Morgan fingerprint density at radius 2 is 1.81 bits per heavy atom. The molecule has 0 saturated carbocycles. The van der Waals surface area contributed by atoms with Gasteiger partial charge in [-0.3, -0.25) is 4.79 Å². The van der Waals surface area contributed by atoms with Crippen molar-refractivity contribution in [2.24, 2.45) is 0 Å². The molecule has 0 aliphatic heterocycles. The molecule has 2 aromatic carbocycles. The highest BCUT2D eigenvalue weighted by atomic mass is 79.9. The van der Waals surface area contributed by atoms with Gasteiger partial charge in [0.1, 0.15) is 0 Å². The van der Waals surface area contributed by atoms with Gasteiger partial charge in [0.25, 0.3) is 0 Å². The van der Waals surface area contributed by atoms with E-state index in [0.717, 1.165) is 15.6 Å². The van der Waals surface area contributed by atoms with E-state index in [1.165, 1.54) is 18.4 Å². The normalized spacial score (nSPS) is 12.8. The maximum atomic E-state index is 12.2. The molecule has 26 heavy (non-hydrogen) atoms. The largest absolute Gasteiger partial charge is 0.350 e. The molecule has 5 nitrogen and oxygen atoms in total. The zero-order valence-corrected chi connectivity index (χ0v) is 17.5. The molecule has 0 spiro atoms. The molecule has 0 aliphatic carbocycles. The van der Waals surface area contributed by atoms with Gasteiger partial charge in [-0.15, -0.1) is 0 Å². The van der Waals surface area contributed by atoms with Crippen LogP contribution in [0, 0.1) is 0 Å². The van der Waals surface area contributed by atoms with Crippen LogP contribution < -0.4 is 5.32 Å². The number of nitrogens with one attached hydrogen (secondary N) is 1. The molecule has 140 valence electrons. The van der Waals surface area contributed by atoms with E-state index in [2.05, 4.69) is 21.2 Å². The van der Waals surface area contributed by atoms with Crippen molar-refractivity contribution < 1.29 is 13.2 Å². The van der Waals surface area contributed by atoms with E-state index < -0.39 is 10.0 Å². The van der Waals surface area contributed by atoms with Crippen LogP contribution >= 0.6 is 15.9 Å².